The third-order valence-corrected chi connectivity index (χ3v) is 3.49. The summed E-state index contributed by atoms with van der Waals surface area (Å²) in [5.41, 5.74) is 0.945. The molecule has 0 unspecified atom stereocenters. The van der Waals surface area contributed by atoms with Crippen LogP contribution < -0.4 is 9.47 Å². The standard InChI is InChI=1S/C14H17BrO3/c1-9(16)5-11-6-12(15)14(17-2)13(7-11)18-8-10-3-4-10/h6-7,10H,3-5,8H2,1-2H3. The largest absolute Gasteiger partial charge is 0.492 e. The van der Waals surface area contributed by atoms with E-state index in [4.69, 9.17) is 9.47 Å². The Morgan fingerprint density at radius 1 is 1.44 bits per heavy atom. The SMILES string of the molecule is COc1c(Br)cc(CC(C)=O)cc1OCC1CC1. The summed E-state index contributed by atoms with van der Waals surface area (Å²) in [5, 5.41) is 0. The summed E-state index contributed by atoms with van der Waals surface area (Å²) in [4.78, 5) is 11.2. The van der Waals surface area contributed by atoms with Gasteiger partial charge in [0.15, 0.2) is 11.5 Å². The van der Waals surface area contributed by atoms with E-state index in [-0.39, 0.29) is 5.78 Å². The van der Waals surface area contributed by atoms with Crippen molar-refractivity contribution in [2.75, 3.05) is 13.7 Å². The van der Waals surface area contributed by atoms with Gasteiger partial charge in [-0.2, -0.15) is 0 Å². The van der Waals surface area contributed by atoms with Gasteiger partial charge in [-0.05, 0) is 59.3 Å². The van der Waals surface area contributed by atoms with Crippen LogP contribution in [-0.2, 0) is 11.2 Å². The first-order valence-electron chi connectivity index (χ1n) is 6.08. The predicted octanol–water partition coefficient (Wildman–Crippen LogP) is 3.38. The van der Waals surface area contributed by atoms with Gasteiger partial charge in [-0.25, -0.2) is 0 Å². The Balaban J connectivity index is 2.20. The molecule has 1 saturated carbocycles. The van der Waals surface area contributed by atoms with Crippen LogP contribution in [0.2, 0.25) is 0 Å². The Morgan fingerprint density at radius 3 is 2.72 bits per heavy atom. The third-order valence-electron chi connectivity index (χ3n) is 2.90. The van der Waals surface area contributed by atoms with E-state index in [1.807, 2.05) is 12.1 Å². The topological polar surface area (TPSA) is 35.5 Å². The van der Waals surface area contributed by atoms with Gasteiger partial charge in [-0.1, -0.05) is 0 Å². The number of methoxy groups -OCH3 is 1. The molecule has 1 fully saturated rings. The molecule has 0 radical (unpaired) electrons. The number of rotatable bonds is 6. The molecule has 1 aromatic rings. The van der Waals surface area contributed by atoms with Crippen molar-refractivity contribution in [2.45, 2.75) is 26.2 Å². The average Bonchev–Trinajstić information content (AvgIpc) is 3.08. The Bertz CT molecular complexity index is 453. The highest BCUT2D eigenvalue weighted by Gasteiger charge is 2.23. The molecule has 0 aliphatic heterocycles. The molecule has 2 rings (SSSR count). The van der Waals surface area contributed by atoms with Crippen LogP contribution in [0.25, 0.3) is 0 Å². The minimum absolute atomic E-state index is 0.139. The lowest BCUT2D eigenvalue weighted by Crippen LogP contribution is -2.03. The van der Waals surface area contributed by atoms with Crippen molar-refractivity contribution < 1.29 is 14.3 Å². The Hall–Kier alpha value is -1.03. The second-order valence-electron chi connectivity index (χ2n) is 4.74. The molecule has 1 aliphatic rings. The number of hydrogen-bond acceptors (Lipinski definition) is 3. The first kappa shape index (κ1) is 13.4. The molecular weight excluding hydrogens is 296 g/mol. The van der Waals surface area contributed by atoms with E-state index >= 15 is 0 Å². The molecule has 3 nitrogen and oxygen atoms in total. The fourth-order valence-electron chi connectivity index (χ4n) is 1.81. The van der Waals surface area contributed by atoms with Gasteiger partial charge in [0.1, 0.15) is 5.78 Å². The smallest absolute Gasteiger partial charge is 0.174 e. The summed E-state index contributed by atoms with van der Waals surface area (Å²) in [7, 11) is 1.62. The van der Waals surface area contributed by atoms with Gasteiger partial charge in [0.05, 0.1) is 18.2 Å². The van der Waals surface area contributed by atoms with Crippen molar-refractivity contribution in [1.82, 2.24) is 0 Å². The second-order valence-corrected chi connectivity index (χ2v) is 5.60. The maximum Gasteiger partial charge on any atom is 0.174 e. The number of Topliss-reactive ketones (excluding diaryl/α,β-unsaturated/α-hetero) is 1. The minimum atomic E-state index is 0.139. The first-order valence-corrected chi connectivity index (χ1v) is 6.88. The van der Waals surface area contributed by atoms with Crippen molar-refractivity contribution in [2.24, 2.45) is 5.92 Å². The van der Waals surface area contributed by atoms with Gasteiger partial charge in [0.25, 0.3) is 0 Å². The van der Waals surface area contributed by atoms with Crippen LogP contribution in [-0.4, -0.2) is 19.5 Å². The van der Waals surface area contributed by atoms with E-state index in [0.29, 0.717) is 18.1 Å². The summed E-state index contributed by atoms with van der Waals surface area (Å²) < 4.78 is 11.9. The maximum absolute atomic E-state index is 11.2. The van der Waals surface area contributed by atoms with Crippen molar-refractivity contribution in [3.05, 3.63) is 22.2 Å². The normalized spacial score (nSPS) is 14.4. The number of carbonyl (C=O) groups excluding carboxylic acids is 1. The van der Waals surface area contributed by atoms with Gasteiger partial charge >= 0.3 is 0 Å². The summed E-state index contributed by atoms with van der Waals surface area (Å²) >= 11 is 3.45. The van der Waals surface area contributed by atoms with Gasteiger partial charge in [0.2, 0.25) is 0 Å². The Labute approximate surface area is 116 Å². The van der Waals surface area contributed by atoms with Crippen LogP contribution in [0.3, 0.4) is 0 Å². The second kappa shape index (κ2) is 5.74. The van der Waals surface area contributed by atoms with Crippen LogP contribution in [0.4, 0.5) is 0 Å². The molecule has 0 spiro atoms. The van der Waals surface area contributed by atoms with Crippen LogP contribution in [0.15, 0.2) is 16.6 Å². The van der Waals surface area contributed by atoms with E-state index in [1.165, 1.54) is 12.8 Å². The molecule has 0 saturated heterocycles. The summed E-state index contributed by atoms with van der Waals surface area (Å²) in [6.07, 6.45) is 2.91. The molecule has 0 atom stereocenters. The number of ketones is 1. The lowest BCUT2D eigenvalue weighted by atomic mass is 10.1. The molecular formula is C14H17BrO3. The Kier molecular flexibility index (Phi) is 4.27. The quantitative estimate of drug-likeness (QED) is 0.808. The molecule has 0 bridgehead atoms. The van der Waals surface area contributed by atoms with Crippen molar-refractivity contribution in [3.63, 3.8) is 0 Å². The third kappa shape index (κ3) is 3.48. The fraction of sp³-hybridized carbons (Fsp3) is 0.500. The number of benzene rings is 1. The lowest BCUT2D eigenvalue weighted by molar-refractivity contribution is -0.116. The van der Waals surface area contributed by atoms with Crippen molar-refractivity contribution in [3.8, 4) is 11.5 Å². The molecule has 18 heavy (non-hydrogen) atoms. The van der Waals surface area contributed by atoms with E-state index in [2.05, 4.69) is 15.9 Å². The molecule has 4 heteroatoms. The Morgan fingerprint density at radius 2 is 2.17 bits per heavy atom. The zero-order valence-electron chi connectivity index (χ0n) is 10.7. The molecule has 0 amide bonds. The molecule has 0 heterocycles. The van der Waals surface area contributed by atoms with Crippen molar-refractivity contribution >= 4 is 21.7 Å². The van der Waals surface area contributed by atoms with E-state index in [1.54, 1.807) is 14.0 Å². The van der Waals surface area contributed by atoms with Crippen LogP contribution in [0.1, 0.15) is 25.3 Å². The fourth-order valence-corrected chi connectivity index (χ4v) is 2.46. The van der Waals surface area contributed by atoms with Gasteiger partial charge in [0, 0.05) is 6.42 Å². The summed E-state index contributed by atoms with van der Waals surface area (Å²) in [5.74, 6) is 2.24. The minimum Gasteiger partial charge on any atom is -0.492 e. The van der Waals surface area contributed by atoms with Gasteiger partial charge in [-0.3, -0.25) is 4.79 Å². The van der Waals surface area contributed by atoms with E-state index in [0.717, 1.165) is 22.4 Å². The predicted molar refractivity (Wildman–Crippen MR) is 73.3 cm³/mol. The summed E-state index contributed by atoms with van der Waals surface area (Å²) in [6.45, 7) is 2.31. The molecule has 1 aliphatic carbocycles. The highest BCUT2D eigenvalue weighted by Crippen LogP contribution is 2.38. The number of carbonyl (C=O) groups is 1. The average molecular weight is 313 g/mol. The van der Waals surface area contributed by atoms with Crippen molar-refractivity contribution in [1.29, 1.82) is 0 Å². The zero-order valence-corrected chi connectivity index (χ0v) is 12.2. The molecule has 0 aromatic heterocycles. The first-order chi connectivity index (χ1) is 8.60. The summed E-state index contributed by atoms with van der Waals surface area (Å²) in [6, 6.07) is 3.80. The van der Waals surface area contributed by atoms with Gasteiger partial charge < -0.3 is 9.47 Å². The molecule has 1 aromatic carbocycles. The maximum atomic E-state index is 11.2. The van der Waals surface area contributed by atoms with Crippen LogP contribution in [0, 0.1) is 5.92 Å². The van der Waals surface area contributed by atoms with Gasteiger partial charge in [-0.15, -0.1) is 0 Å². The number of hydrogen-bond donors (Lipinski definition) is 0. The number of halogens is 1. The number of ether oxygens (including phenoxy) is 2. The van der Waals surface area contributed by atoms with Crippen LogP contribution in [0.5, 0.6) is 11.5 Å². The monoisotopic (exact) mass is 312 g/mol. The van der Waals surface area contributed by atoms with E-state index in [9.17, 15) is 4.79 Å². The highest BCUT2D eigenvalue weighted by molar-refractivity contribution is 9.10. The zero-order chi connectivity index (χ0) is 13.1. The van der Waals surface area contributed by atoms with Crippen LogP contribution >= 0.6 is 15.9 Å². The lowest BCUT2D eigenvalue weighted by Gasteiger charge is -2.13. The highest BCUT2D eigenvalue weighted by atomic mass is 79.9. The molecule has 98 valence electrons. The molecule has 0 N–H and O–H groups in total. The van der Waals surface area contributed by atoms with E-state index < -0.39 is 0 Å².